The number of rotatable bonds is 7. The normalized spacial score (nSPS) is 14.7. The Labute approximate surface area is 180 Å². The number of nitrogens with zero attached hydrogens (tertiary/aromatic N) is 2. The van der Waals surface area contributed by atoms with Gasteiger partial charge in [0.15, 0.2) is 10.9 Å². The van der Waals surface area contributed by atoms with E-state index in [1.165, 1.54) is 31.4 Å². The molecule has 9 nitrogen and oxygen atoms in total. The van der Waals surface area contributed by atoms with Crippen LogP contribution in [0.2, 0.25) is 0 Å². The number of nitro groups is 1. The molecule has 1 aliphatic heterocycles. The molecule has 0 aliphatic carbocycles. The standard InChI is InChI=1S/C19H15N3O6S2/c1-27-15-5-3-2-4-12(15)10-16-18(24)21(19(29)30-16)20-17(23)11-28-14-8-6-13(7-9-14)22(25)26/h2-10H,11H2,1H3,(H,20,23)/b16-10-. The molecule has 0 aromatic heterocycles. The molecular formula is C19H15N3O6S2. The van der Waals surface area contributed by atoms with Crippen LogP contribution < -0.4 is 14.9 Å². The summed E-state index contributed by atoms with van der Waals surface area (Å²) in [5, 5.41) is 11.6. The number of nitrogens with one attached hydrogen (secondary N) is 1. The number of hydrogen-bond acceptors (Lipinski definition) is 8. The minimum atomic E-state index is -0.608. The van der Waals surface area contributed by atoms with Crippen molar-refractivity contribution in [2.24, 2.45) is 0 Å². The first-order valence-corrected chi connectivity index (χ1v) is 9.69. The summed E-state index contributed by atoms with van der Waals surface area (Å²) in [5.41, 5.74) is 3.01. The first-order chi connectivity index (χ1) is 14.4. The molecule has 11 heteroatoms. The van der Waals surface area contributed by atoms with Crippen molar-refractivity contribution in [1.82, 2.24) is 10.4 Å². The van der Waals surface area contributed by atoms with Crippen LogP contribution in [0.15, 0.2) is 53.4 Å². The van der Waals surface area contributed by atoms with Crippen LogP contribution in [0.4, 0.5) is 5.69 Å². The van der Waals surface area contributed by atoms with Gasteiger partial charge in [-0.3, -0.25) is 25.1 Å². The molecule has 1 N–H and O–H groups in total. The highest BCUT2D eigenvalue weighted by molar-refractivity contribution is 8.26. The number of nitro benzene ring substituents is 1. The molecule has 0 atom stereocenters. The van der Waals surface area contributed by atoms with Gasteiger partial charge >= 0.3 is 0 Å². The fourth-order valence-electron chi connectivity index (χ4n) is 2.46. The molecule has 0 bridgehead atoms. The van der Waals surface area contributed by atoms with Crippen LogP contribution in [-0.4, -0.2) is 39.8 Å². The number of benzene rings is 2. The Hall–Kier alpha value is -3.44. The van der Waals surface area contributed by atoms with Gasteiger partial charge in [0.05, 0.1) is 16.9 Å². The van der Waals surface area contributed by atoms with Gasteiger partial charge in [-0.15, -0.1) is 0 Å². The van der Waals surface area contributed by atoms with Gasteiger partial charge in [-0.2, -0.15) is 5.01 Å². The zero-order chi connectivity index (χ0) is 21.7. The summed E-state index contributed by atoms with van der Waals surface area (Å²) in [6.45, 7) is -0.402. The van der Waals surface area contributed by atoms with Crippen molar-refractivity contribution in [3.8, 4) is 11.5 Å². The van der Waals surface area contributed by atoms with Crippen molar-refractivity contribution in [2.45, 2.75) is 0 Å². The zero-order valence-corrected chi connectivity index (χ0v) is 17.2. The lowest BCUT2D eigenvalue weighted by atomic mass is 10.2. The van der Waals surface area contributed by atoms with Gasteiger partial charge in [-0.25, -0.2) is 0 Å². The van der Waals surface area contributed by atoms with E-state index in [-0.39, 0.29) is 15.8 Å². The minimum absolute atomic E-state index is 0.0915. The van der Waals surface area contributed by atoms with Crippen molar-refractivity contribution in [2.75, 3.05) is 13.7 Å². The predicted octanol–water partition coefficient (Wildman–Crippen LogP) is 2.91. The largest absolute Gasteiger partial charge is 0.496 e. The number of amides is 2. The summed E-state index contributed by atoms with van der Waals surface area (Å²) in [7, 11) is 1.53. The highest BCUT2D eigenvalue weighted by Crippen LogP contribution is 2.33. The van der Waals surface area contributed by atoms with Crippen molar-refractivity contribution in [3.05, 3.63) is 69.1 Å². The quantitative estimate of drug-likeness (QED) is 0.300. The molecule has 0 saturated carbocycles. The number of hydrogen-bond donors (Lipinski definition) is 1. The van der Waals surface area contributed by atoms with Gasteiger partial charge in [-0.05, 0) is 36.5 Å². The molecule has 154 valence electrons. The molecule has 0 radical (unpaired) electrons. The van der Waals surface area contributed by atoms with E-state index in [1.807, 2.05) is 12.1 Å². The Balaban J connectivity index is 1.61. The first kappa shape index (κ1) is 21.3. The van der Waals surface area contributed by atoms with Gasteiger partial charge in [0.25, 0.3) is 17.5 Å². The number of methoxy groups -OCH3 is 1. The van der Waals surface area contributed by atoms with Crippen LogP contribution in [0.1, 0.15) is 5.56 Å². The average molecular weight is 445 g/mol. The number of thiocarbonyl (C=S) groups is 1. The third kappa shape index (κ3) is 4.93. The Kier molecular flexibility index (Phi) is 6.65. The fraction of sp³-hybridized carbons (Fsp3) is 0.105. The maximum Gasteiger partial charge on any atom is 0.285 e. The molecule has 2 amide bonds. The van der Waals surface area contributed by atoms with E-state index in [4.69, 9.17) is 21.7 Å². The maximum absolute atomic E-state index is 12.6. The summed E-state index contributed by atoms with van der Waals surface area (Å²) >= 11 is 6.23. The van der Waals surface area contributed by atoms with Gasteiger partial charge in [-0.1, -0.05) is 30.0 Å². The summed E-state index contributed by atoms with van der Waals surface area (Å²) in [4.78, 5) is 35.2. The Morgan fingerprint density at radius 1 is 1.27 bits per heavy atom. The van der Waals surface area contributed by atoms with E-state index in [2.05, 4.69) is 5.43 Å². The van der Waals surface area contributed by atoms with E-state index in [1.54, 1.807) is 18.2 Å². The van der Waals surface area contributed by atoms with Crippen molar-refractivity contribution >= 4 is 51.9 Å². The number of para-hydroxylation sites is 1. The van der Waals surface area contributed by atoms with Gasteiger partial charge in [0.1, 0.15) is 11.5 Å². The lowest BCUT2D eigenvalue weighted by Crippen LogP contribution is -2.46. The number of ether oxygens (including phenoxy) is 2. The predicted molar refractivity (Wildman–Crippen MR) is 115 cm³/mol. The van der Waals surface area contributed by atoms with Crippen molar-refractivity contribution < 1.29 is 24.0 Å². The Bertz CT molecular complexity index is 1040. The number of non-ortho nitro benzene ring substituents is 1. The minimum Gasteiger partial charge on any atom is -0.496 e. The Morgan fingerprint density at radius 2 is 1.97 bits per heavy atom. The van der Waals surface area contributed by atoms with E-state index in [9.17, 15) is 19.7 Å². The molecular weight excluding hydrogens is 430 g/mol. The molecule has 1 fully saturated rings. The SMILES string of the molecule is COc1ccccc1/C=C1\SC(=S)N(NC(=O)COc2ccc([N+](=O)[O-])cc2)C1=O. The molecule has 0 spiro atoms. The maximum atomic E-state index is 12.6. The summed E-state index contributed by atoms with van der Waals surface area (Å²) in [5.74, 6) is -0.205. The molecule has 2 aromatic carbocycles. The lowest BCUT2D eigenvalue weighted by Gasteiger charge is -2.15. The second kappa shape index (κ2) is 9.37. The monoisotopic (exact) mass is 445 g/mol. The molecule has 2 aromatic rings. The molecule has 0 unspecified atom stereocenters. The van der Waals surface area contributed by atoms with Crippen LogP contribution in [0.5, 0.6) is 11.5 Å². The third-order valence-corrected chi connectivity index (χ3v) is 5.18. The smallest absolute Gasteiger partial charge is 0.285 e. The lowest BCUT2D eigenvalue weighted by molar-refractivity contribution is -0.384. The molecule has 1 saturated heterocycles. The third-order valence-electron chi connectivity index (χ3n) is 3.87. The highest BCUT2D eigenvalue weighted by Gasteiger charge is 2.33. The summed E-state index contributed by atoms with van der Waals surface area (Å²) < 4.78 is 10.7. The van der Waals surface area contributed by atoms with Crippen LogP contribution in [0.25, 0.3) is 6.08 Å². The zero-order valence-electron chi connectivity index (χ0n) is 15.6. The summed E-state index contributed by atoms with van der Waals surface area (Å²) in [6, 6.07) is 12.5. The molecule has 1 aliphatic rings. The molecule has 30 heavy (non-hydrogen) atoms. The average Bonchev–Trinajstić information content (AvgIpc) is 3.00. The highest BCUT2D eigenvalue weighted by atomic mass is 32.2. The van der Waals surface area contributed by atoms with Gasteiger partial charge in [0, 0.05) is 17.7 Å². The van der Waals surface area contributed by atoms with Crippen LogP contribution in [0.3, 0.4) is 0 Å². The molecule has 1 heterocycles. The fourth-order valence-corrected chi connectivity index (χ4v) is 3.63. The van der Waals surface area contributed by atoms with E-state index < -0.39 is 23.3 Å². The second-order valence-corrected chi connectivity index (χ2v) is 7.51. The van der Waals surface area contributed by atoms with Crippen molar-refractivity contribution in [1.29, 1.82) is 0 Å². The Morgan fingerprint density at radius 3 is 2.63 bits per heavy atom. The van der Waals surface area contributed by atoms with E-state index >= 15 is 0 Å². The number of carbonyl (C=O) groups is 2. The van der Waals surface area contributed by atoms with E-state index in [0.717, 1.165) is 16.8 Å². The van der Waals surface area contributed by atoms with Gasteiger partial charge in [0.2, 0.25) is 0 Å². The van der Waals surface area contributed by atoms with Crippen LogP contribution in [-0.2, 0) is 9.59 Å². The second-order valence-electron chi connectivity index (χ2n) is 5.83. The topological polar surface area (TPSA) is 111 Å². The van der Waals surface area contributed by atoms with E-state index in [0.29, 0.717) is 16.2 Å². The first-order valence-electron chi connectivity index (χ1n) is 8.46. The van der Waals surface area contributed by atoms with Crippen LogP contribution >= 0.6 is 24.0 Å². The molecule has 3 rings (SSSR count). The van der Waals surface area contributed by atoms with Crippen molar-refractivity contribution in [3.63, 3.8) is 0 Å². The summed E-state index contributed by atoms with van der Waals surface area (Å²) in [6.07, 6.45) is 1.64. The number of thioether (sulfide) groups is 1. The number of carbonyl (C=O) groups excluding carboxylic acids is 2. The number of hydrazine groups is 1. The van der Waals surface area contributed by atoms with Crippen LogP contribution in [0, 0.1) is 10.1 Å². The van der Waals surface area contributed by atoms with Gasteiger partial charge < -0.3 is 9.47 Å².